The smallest absolute Gasteiger partial charge is 0.261 e. The lowest BCUT2D eigenvalue weighted by Gasteiger charge is -2.14. The molecule has 0 atom stereocenters. The zero-order valence-electron chi connectivity index (χ0n) is 17.8. The minimum atomic E-state index is -0.469. The first-order valence-electron chi connectivity index (χ1n) is 10.4. The van der Waals surface area contributed by atoms with Crippen LogP contribution in [0.25, 0.3) is 10.9 Å². The molecule has 1 heterocycles. The van der Waals surface area contributed by atoms with Gasteiger partial charge in [-0.1, -0.05) is 43.5 Å². The maximum atomic E-state index is 12.6. The summed E-state index contributed by atoms with van der Waals surface area (Å²) in [7, 11) is 1.56. The number of benzene rings is 2. The molecule has 7 heteroatoms. The van der Waals surface area contributed by atoms with E-state index >= 15 is 0 Å². The first-order chi connectivity index (χ1) is 15.0. The second-order valence-corrected chi connectivity index (χ2v) is 7.70. The maximum absolute atomic E-state index is 12.6. The van der Waals surface area contributed by atoms with Gasteiger partial charge in [0.1, 0.15) is 5.56 Å². The van der Waals surface area contributed by atoms with E-state index in [0.29, 0.717) is 47.0 Å². The molecule has 0 aliphatic rings. The zero-order valence-corrected chi connectivity index (χ0v) is 18.6. The van der Waals surface area contributed by atoms with Crippen LogP contribution in [0.5, 0.6) is 11.5 Å². The summed E-state index contributed by atoms with van der Waals surface area (Å²) in [6.07, 6.45) is 3.70. The van der Waals surface area contributed by atoms with E-state index in [-0.39, 0.29) is 5.56 Å². The lowest BCUT2D eigenvalue weighted by Crippen LogP contribution is -2.31. The van der Waals surface area contributed by atoms with Gasteiger partial charge in [-0.05, 0) is 48.7 Å². The summed E-state index contributed by atoms with van der Waals surface area (Å²) < 4.78 is 11.3. The molecule has 0 unspecified atom stereocenters. The number of hydrogen-bond donors (Lipinski definition) is 2. The van der Waals surface area contributed by atoms with Crippen molar-refractivity contribution in [2.75, 3.05) is 20.3 Å². The Labute approximate surface area is 186 Å². The standard InChI is InChI=1S/C24H27ClN2O4/c1-3-4-5-14-31-22-20(30-2)11-8-17-15-19(24(29)27-21(17)22)23(28)26-13-12-16-6-9-18(25)10-7-16/h6-11,15H,3-5,12-14H2,1-2H3,(H,26,28)(H,27,29). The average molecular weight is 443 g/mol. The van der Waals surface area contributed by atoms with Gasteiger partial charge in [0.15, 0.2) is 11.5 Å². The molecule has 0 aliphatic carbocycles. The molecule has 0 bridgehead atoms. The first-order valence-corrected chi connectivity index (χ1v) is 10.8. The topological polar surface area (TPSA) is 80.4 Å². The molecule has 0 radical (unpaired) electrons. The number of aromatic nitrogens is 1. The highest BCUT2D eigenvalue weighted by molar-refractivity contribution is 6.30. The highest BCUT2D eigenvalue weighted by Crippen LogP contribution is 2.34. The van der Waals surface area contributed by atoms with E-state index in [1.807, 2.05) is 24.3 Å². The Bertz CT molecular complexity index is 1090. The molecule has 0 fully saturated rings. The number of amides is 1. The third-order valence-corrected chi connectivity index (χ3v) is 5.26. The van der Waals surface area contributed by atoms with Gasteiger partial charge in [0, 0.05) is 17.0 Å². The summed E-state index contributed by atoms with van der Waals surface area (Å²) in [6, 6.07) is 12.6. The summed E-state index contributed by atoms with van der Waals surface area (Å²) in [5, 5.41) is 4.18. The molecular weight excluding hydrogens is 416 g/mol. The Morgan fingerprint density at radius 3 is 2.61 bits per heavy atom. The summed E-state index contributed by atoms with van der Waals surface area (Å²) in [4.78, 5) is 28.0. The Balaban J connectivity index is 1.76. The zero-order chi connectivity index (χ0) is 22.2. The number of halogens is 1. The molecule has 3 rings (SSSR count). The SMILES string of the molecule is CCCCCOc1c(OC)ccc2cc(C(=O)NCCc3ccc(Cl)cc3)c(=O)[nH]c12. The van der Waals surface area contributed by atoms with Crippen molar-refractivity contribution in [2.45, 2.75) is 32.6 Å². The number of H-pyrrole nitrogens is 1. The van der Waals surface area contributed by atoms with Crippen LogP contribution in [0.3, 0.4) is 0 Å². The number of carbonyl (C=O) groups excluding carboxylic acids is 1. The number of methoxy groups -OCH3 is 1. The van der Waals surface area contributed by atoms with Crippen LogP contribution < -0.4 is 20.3 Å². The minimum absolute atomic E-state index is 0.0608. The van der Waals surface area contributed by atoms with Gasteiger partial charge in [-0.2, -0.15) is 0 Å². The normalized spacial score (nSPS) is 10.8. The predicted octanol–water partition coefficient (Wildman–Crippen LogP) is 4.73. The van der Waals surface area contributed by atoms with Crippen LogP contribution in [0.2, 0.25) is 5.02 Å². The molecule has 3 aromatic rings. The quantitative estimate of drug-likeness (QED) is 0.445. The van der Waals surface area contributed by atoms with Gasteiger partial charge in [-0.25, -0.2) is 0 Å². The van der Waals surface area contributed by atoms with Crippen molar-refractivity contribution in [3.8, 4) is 11.5 Å². The van der Waals surface area contributed by atoms with Crippen molar-refractivity contribution in [2.24, 2.45) is 0 Å². The first kappa shape index (κ1) is 22.7. The van der Waals surface area contributed by atoms with E-state index in [1.54, 1.807) is 25.3 Å². The van der Waals surface area contributed by atoms with Gasteiger partial charge < -0.3 is 19.8 Å². The van der Waals surface area contributed by atoms with Gasteiger partial charge in [0.25, 0.3) is 11.5 Å². The van der Waals surface area contributed by atoms with Gasteiger partial charge >= 0.3 is 0 Å². The average Bonchev–Trinajstić information content (AvgIpc) is 2.77. The summed E-state index contributed by atoms with van der Waals surface area (Å²) in [6.45, 7) is 3.06. The van der Waals surface area contributed by atoms with Crippen LogP contribution in [-0.2, 0) is 6.42 Å². The maximum Gasteiger partial charge on any atom is 0.261 e. The molecule has 1 aromatic heterocycles. The fourth-order valence-electron chi connectivity index (χ4n) is 3.30. The van der Waals surface area contributed by atoms with Crippen LogP contribution >= 0.6 is 11.6 Å². The predicted molar refractivity (Wildman–Crippen MR) is 124 cm³/mol. The number of fused-ring (bicyclic) bond motifs is 1. The molecule has 0 saturated heterocycles. The van der Waals surface area contributed by atoms with Gasteiger partial charge in [0.05, 0.1) is 19.2 Å². The molecular formula is C24H27ClN2O4. The number of carbonyl (C=O) groups is 1. The number of unbranched alkanes of at least 4 members (excludes halogenated alkanes) is 2. The molecule has 1 amide bonds. The largest absolute Gasteiger partial charge is 0.493 e. The summed E-state index contributed by atoms with van der Waals surface area (Å²) >= 11 is 5.89. The third kappa shape index (κ3) is 5.79. The van der Waals surface area contributed by atoms with Gasteiger partial charge in [-0.15, -0.1) is 0 Å². The highest BCUT2D eigenvalue weighted by Gasteiger charge is 2.16. The van der Waals surface area contributed by atoms with E-state index in [9.17, 15) is 9.59 Å². The van der Waals surface area contributed by atoms with E-state index in [0.717, 1.165) is 24.8 Å². The third-order valence-electron chi connectivity index (χ3n) is 5.01. The van der Waals surface area contributed by atoms with E-state index in [1.165, 1.54) is 0 Å². The van der Waals surface area contributed by atoms with E-state index in [4.69, 9.17) is 21.1 Å². The van der Waals surface area contributed by atoms with Crippen LogP contribution in [0.1, 0.15) is 42.1 Å². The van der Waals surface area contributed by atoms with Crippen molar-refractivity contribution in [3.05, 3.63) is 69.0 Å². The minimum Gasteiger partial charge on any atom is -0.493 e. The molecule has 0 spiro atoms. The van der Waals surface area contributed by atoms with Crippen LogP contribution in [0.4, 0.5) is 0 Å². The second-order valence-electron chi connectivity index (χ2n) is 7.26. The number of ether oxygens (including phenoxy) is 2. The van der Waals surface area contributed by atoms with E-state index in [2.05, 4.69) is 17.2 Å². The molecule has 2 aromatic carbocycles. The fourth-order valence-corrected chi connectivity index (χ4v) is 3.42. The highest BCUT2D eigenvalue weighted by atomic mass is 35.5. The number of rotatable bonds is 10. The molecule has 31 heavy (non-hydrogen) atoms. The lowest BCUT2D eigenvalue weighted by atomic mass is 10.1. The Hall–Kier alpha value is -2.99. The summed E-state index contributed by atoms with van der Waals surface area (Å²) in [5.41, 5.74) is 1.17. The summed E-state index contributed by atoms with van der Waals surface area (Å²) in [5.74, 6) is 0.612. The van der Waals surface area contributed by atoms with Crippen molar-refractivity contribution in [1.29, 1.82) is 0 Å². The Kier molecular flexibility index (Phi) is 7.95. The van der Waals surface area contributed by atoms with Crippen molar-refractivity contribution in [3.63, 3.8) is 0 Å². The number of nitrogens with one attached hydrogen (secondary N) is 2. The monoisotopic (exact) mass is 442 g/mol. The van der Waals surface area contributed by atoms with Crippen molar-refractivity contribution < 1.29 is 14.3 Å². The van der Waals surface area contributed by atoms with Crippen LogP contribution in [-0.4, -0.2) is 31.2 Å². The Morgan fingerprint density at radius 2 is 1.90 bits per heavy atom. The molecule has 0 saturated carbocycles. The number of pyridine rings is 1. The molecule has 0 aliphatic heterocycles. The van der Waals surface area contributed by atoms with E-state index < -0.39 is 11.5 Å². The second kappa shape index (κ2) is 10.9. The van der Waals surface area contributed by atoms with Crippen LogP contribution in [0.15, 0.2) is 47.3 Å². The fraction of sp³-hybridized carbons (Fsp3) is 0.333. The lowest BCUT2D eigenvalue weighted by molar-refractivity contribution is 0.0953. The van der Waals surface area contributed by atoms with Gasteiger partial charge in [-0.3, -0.25) is 9.59 Å². The molecule has 6 nitrogen and oxygen atoms in total. The molecule has 2 N–H and O–H groups in total. The van der Waals surface area contributed by atoms with Crippen molar-refractivity contribution in [1.82, 2.24) is 10.3 Å². The molecule has 164 valence electrons. The number of hydrogen-bond acceptors (Lipinski definition) is 4. The van der Waals surface area contributed by atoms with Gasteiger partial charge in [0.2, 0.25) is 0 Å². The Morgan fingerprint density at radius 1 is 1.13 bits per heavy atom. The van der Waals surface area contributed by atoms with Crippen LogP contribution in [0, 0.1) is 0 Å². The number of aromatic amines is 1. The van der Waals surface area contributed by atoms with Crippen molar-refractivity contribution >= 4 is 28.4 Å².